The van der Waals surface area contributed by atoms with Crippen LogP contribution in [0.5, 0.6) is 0 Å². The number of benzene rings is 1. The first-order valence-corrected chi connectivity index (χ1v) is 5.95. The Labute approximate surface area is 118 Å². The molecule has 0 aliphatic carbocycles. The smallest absolute Gasteiger partial charge is 0.151 e. The van der Waals surface area contributed by atoms with E-state index in [1.807, 2.05) is 0 Å². The quantitative estimate of drug-likeness (QED) is 0.858. The molecule has 94 valence electrons. The van der Waals surface area contributed by atoms with Crippen molar-refractivity contribution < 1.29 is 4.39 Å². The number of pyridine rings is 1. The van der Waals surface area contributed by atoms with Crippen LogP contribution in [0.4, 0.5) is 21.7 Å². The van der Waals surface area contributed by atoms with Gasteiger partial charge in [-0.05, 0) is 18.2 Å². The maximum atomic E-state index is 13.6. The molecule has 0 amide bonds. The van der Waals surface area contributed by atoms with Gasteiger partial charge in [-0.3, -0.25) is 0 Å². The van der Waals surface area contributed by atoms with Crippen molar-refractivity contribution in [3.63, 3.8) is 0 Å². The van der Waals surface area contributed by atoms with E-state index in [0.717, 1.165) is 0 Å². The molecule has 0 fully saturated rings. The van der Waals surface area contributed by atoms with Crippen LogP contribution in [0.3, 0.4) is 0 Å². The number of nitrogen functional groups attached to an aromatic ring is 1. The predicted octanol–water partition coefficient (Wildman–Crippen LogP) is 4.51. The van der Waals surface area contributed by atoms with Gasteiger partial charge in [-0.2, -0.15) is 0 Å². The molecule has 7 heteroatoms. The van der Waals surface area contributed by atoms with Crippen molar-refractivity contribution in [2.75, 3.05) is 11.1 Å². The van der Waals surface area contributed by atoms with Crippen molar-refractivity contribution in [1.29, 1.82) is 0 Å². The van der Waals surface area contributed by atoms with Gasteiger partial charge in [-0.1, -0.05) is 40.9 Å². The largest absolute Gasteiger partial charge is 0.382 e. The summed E-state index contributed by atoms with van der Waals surface area (Å²) in [5.41, 5.74) is 5.63. The van der Waals surface area contributed by atoms with E-state index in [1.165, 1.54) is 18.2 Å². The van der Waals surface area contributed by atoms with Crippen LogP contribution in [0, 0.1) is 5.82 Å². The third kappa shape index (κ3) is 2.61. The van der Waals surface area contributed by atoms with Crippen molar-refractivity contribution in [2.45, 2.75) is 0 Å². The topological polar surface area (TPSA) is 50.9 Å². The number of nitrogens with two attached hydrogens (primary N) is 1. The van der Waals surface area contributed by atoms with E-state index in [2.05, 4.69) is 10.3 Å². The van der Waals surface area contributed by atoms with Crippen molar-refractivity contribution >= 4 is 52.1 Å². The van der Waals surface area contributed by atoms with Gasteiger partial charge < -0.3 is 11.1 Å². The molecule has 1 heterocycles. The standard InChI is InChI=1S/C11H7Cl3FN3/c12-5-2-1-3-8(15)9(5)17-11-7(14)4-6(13)10(16)18-11/h1-4H,(H3,16,17,18). The lowest BCUT2D eigenvalue weighted by atomic mass is 10.3. The van der Waals surface area contributed by atoms with Gasteiger partial charge in [-0.25, -0.2) is 9.37 Å². The minimum Gasteiger partial charge on any atom is -0.382 e. The van der Waals surface area contributed by atoms with Gasteiger partial charge in [0.1, 0.15) is 11.6 Å². The summed E-state index contributed by atoms with van der Waals surface area (Å²) in [6, 6.07) is 5.72. The molecule has 3 N–H and O–H groups in total. The van der Waals surface area contributed by atoms with Gasteiger partial charge in [0.05, 0.1) is 20.8 Å². The second kappa shape index (κ2) is 5.18. The summed E-state index contributed by atoms with van der Waals surface area (Å²) in [6.45, 7) is 0. The fourth-order valence-electron chi connectivity index (χ4n) is 1.30. The summed E-state index contributed by atoms with van der Waals surface area (Å²) < 4.78 is 13.6. The van der Waals surface area contributed by atoms with Crippen LogP contribution in [0.2, 0.25) is 15.1 Å². The van der Waals surface area contributed by atoms with Crippen LogP contribution in [0.15, 0.2) is 24.3 Å². The number of hydrogen-bond acceptors (Lipinski definition) is 3. The molecule has 0 radical (unpaired) electrons. The number of anilines is 3. The number of hydrogen-bond donors (Lipinski definition) is 2. The lowest BCUT2D eigenvalue weighted by Gasteiger charge is -2.11. The number of aromatic nitrogens is 1. The fraction of sp³-hybridized carbons (Fsp3) is 0. The molecular weight excluding hydrogens is 299 g/mol. The highest BCUT2D eigenvalue weighted by molar-refractivity contribution is 6.37. The first-order valence-electron chi connectivity index (χ1n) is 4.81. The summed E-state index contributed by atoms with van der Waals surface area (Å²) in [6.07, 6.45) is 0. The fourth-order valence-corrected chi connectivity index (χ4v) is 1.92. The Balaban J connectivity index is 2.43. The molecule has 0 aliphatic heterocycles. The number of nitrogens with one attached hydrogen (secondary N) is 1. The summed E-state index contributed by atoms with van der Waals surface area (Å²) in [7, 11) is 0. The van der Waals surface area contributed by atoms with E-state index in [4.69, 9.17) is 40.5 Å². The number of halogens is 4. The van der Waals surface area contributed by atoms with Crippen LogP contribution in [-0.2, 0) is 0 Å². The summed E-state index contributed by atoms with van der Waals surface area (Å²) in [5, 5.41) is 3.34. The van der Waals surface area contributed by atoms with Gasteiger partial charge in [0.2, 0.25) is 0 Å². The van der Waals surface area contributed by atoms with Crippen LogP contribution < -0.4 is 11.1 Å². The van der Waals surface area contributed by atoms with Crippen LogP contribution in [0.1, 0.15) is 0 Å². The SMILES string of the molecule is Nc1nc(Nc2c(F)cccc2Cl)c(Cl)cc1Cl. The van der Waals surface area contributed by atoms with Gasteiger partial charge >= 0.3 is 0 Å². The molecule has 0 atom stereocenters. The van der Waals surface area contributed by atoms with Crippen LogP contribution in [0.25, 0.3) is 0 Å². The van der Waals surface area contributed by atoms with Crippen molar-refractivity contribution in [3.8, 4) is 0 Å². The Morgan fingerprint density at radius 3 is 2.50 bits per heavy atom. The zero-order valence-electron chi connectivity index (χ0n) is 8.85. The van der Waals surface area contributed by atoms with E-state index in [-0.39, 0.29) is 32.4 Å². The van der Waals surface area contributed by atoms with Crippen LogP contribution in [-0.4, -0.2) is 4.98 Å². The molecule has 1 aromatic carbocycles. The minimum absolute atomic E-state index is 0.0790. The molecular formula is C11H7Cl3FN3. The van der Waals surface area contributed by atoms with E-state index < -0.39 is 5.82 Å². The number of para-hydroxylation sites is 1. The first kappa shape index (κ1) is 13.2. The molecule has 0 bridgehead atoms. The summed E-state index contributed by atoms with van der Waals surface area (Å²) in [4.78, 5) is 3.93. The minimum atomic E-state index is -0.520. The maximum absolute atomic E-state index is 13.6. The highest BCUT2D eigenvalue weighted by Crippen LogP contribution is 2.33. The highest BCUT2D eigenvalue weighted by atomic mass is 35.5. The van der Waals surface area contributed by atoms with Crippen molar-refractivity contribution in [2.24, 2.45) is 0 Å². The van der Waals surface area contributed by atoms with Crippen molar-refractivity contribution in [1.82, 2.24) is 4.98 Å². The summed E-state index contributed by atoms with van der Waals surface area (Å²) in [5.74, 6) is -0.240. The molecule has 0 spiro atoms. The number of rotatable bonds is 2. The molecule has 0 saturated carbocycles. The highest BCUT2D eigenvalue weighted by Gasteiger charge is 2.12. The molecule has 2 aromatic rings. The molecule has 1 aromatic heterocycles. The average Bonchev–Trinajstić information content (AvgIpc) is 2.30. The molecule has 2 rings (SSSR count). The lowest BCUT2D eigenvalue weighted by Crippen LogP contribution is -2.01. The molecule has 18 heavy (non-hydrogen) atoms. The molecule has 3 nitrogen and oxygen atoms in total. The van der Waals surface area contributed by atoms with Gasteiger partial charge in [0, 0.05) is 0 Å². The van der Waals surface area contributed by atoms with E-state index >= 15 is 0 Å². The van der Waals surface area contributed by atoms with Gasteiger partial charge in [-0.15, -0.1) is 0 Å². The molecule has 0 unspecified atom stereocenters. The Bertz CT molecular complexity index is 584. The Morgan fingerprint density at radius 1 is 1.11 bits per heavy atom. The van der Waals surface area contributed by atoms with E-state index in [1.54, 1.807) is 6.07 Å². The van der Waals surface area contributed by atoms with Gasteiger partial charge in [0.25, 0.3) is 0 Å². The monoisotopic (exact) mass is 305 g/mol. The maximum Gasteiger partial charge on any atom is 0.151 e. The van der Waals surface area contributed by atoms with E-state index in [9.17, 15) is 4.39 Å². The molecule has 0 saturated heterocycles. The van der Waals surface area contributed by atoms with Gasteiger partial charge in [0.15, 0.2) is 5.82 Å². The Morgan fingerprint density at radius 2 is 1.83 bits per heavy atom. The zero-order chi connectivity index (χ0) is 13.3. The molecule has 0 aliphatic rings. The second-order valence-electron chi connectivity index (χ2n) is 3.41. The Hall–Kier alpha value is -1.23. The normalized spacial score (nSPS) is 10.4. The zero-order valence-corrected chi connectivity index (χ0v) is 11.1. The van der Waals surface area contributed by atoms with Crippen molar-refractivity contribution in [3.05, 3.63) is 45.2 Å². The Kier molecular flexibility index (Phi) is 3.80. The first-order chi connectivity index (χ1) is 8.49. The third-order valence-electron chi connectivity index (χ3n) is 2.16. The summed E-state index contributed by atoms with van der Waals surface area (Å²) >= 11 is 17.5. The third-order valence-corrected chi connectivity index (χ3v) is 3.07. The predicted molar refractivity (Wildman–Crippen MR) is 73.4 cm³/mol. The average molecular weight is 307 g/mol. The van der Waals surface area contributed by atoms with Crippen LogP contribution >= 0.6 is 34.8 Å². The number of nitrogens with zero attached hydrogens (tertiary/aromatic N) is 1. The van der Waals surface area contributed by atoms with E-state index in [0.29, 0.717) is 0 Å². The second-order valence-corrected chi connectivity index (χ2v) is 4.63. The lowest BCUT2D eigenvalue weighted by molar-refractivity contribution is 0.632.